The zero-order valence-electron chi connectivity index (χ0n) is 23.9. The minimum atomic E-state index is -0.0867. The summed E-state index contributed by atoms with van der Waals surface area (Å²) < 4.78 is 16.3. The van der Waals surface area contributed by atoms with E-state index in [-0.39, 0.29) is 11.8 Å². The van der Waals surface area contributed by atoms with Gasteiger partial charge >= 0.3 is 0 Å². The second-order valence-corrected chi connectivity index (χ2v) is 10.3. The number of hydrogen-bond acceptors (Lipinski definition) is 7. The van der Waals surface area contributed by atoms with Crippen LogP contribution in [0.3, 0.4) is 0 Å². The van der Waals surface area contributed by atoms with E-state index in [1.807, 2.05) is 58.3 Å². The molecule has 2 saturated heterocycles. The molecule has 0 spiro atoms. The quantitative estimate of drug-likeness (QED) is 0.327. The van der Waals surface area contributed by atoms with Gasteiger partial charge in [-0.2, -0.15) is 0 Å². The molecule has 0 atom stereocenters. The molecule has 3 heterocycles. The van der Waals surface area contributed by atoms with Crippen LogP contribution >= 0.6 is 0 Å². The van der Waals surface area contributed by atoms with Crippen LogP contribution in [0, 0.1) is 0 Å². The summed E-state index contributed by atoms with van der Waals surface area (Å²) in [6, 6.07) is 15.6. The van der Waals surface area contributed by atoms with Crippen molar-refractivity contribution in [1.82, 2.24) is 14.8 Å². The van der Waals surface area contributed by atoms with Gasteiger partial charge in [-0.25, -0.2) is 4.98 Å². The van der Waals surface area contributed by atoms with Crippen molar-refractivity contribution in [3.63, 3.8) is 0 Å². The van der Waals surface area contributed by atoms with Gasteiger partial charge in [0.05, 0.1) is 33.0 Å². The standard InChI is InChI=1S/C32H38N4O5/c1-39-27-10-6-24(7-11-27)8-13-31(38)36(16-4-15-34-14-3-5-30(34)37)23-26-21-25-9-12-28(40-2)22-29(25)33-32(26)35-17-19-41-20-18-35/h6-13,21-22H,3-5,14-20,23H2,1-2H3/b13-8+. The summed E-state index contributed by atoms with van der Waals surface area (Å²) in [6.07, 6.45) is 5.67. The van der Waals surface area contributed by atoms with Crippen LogP contribution in [0.1, 0.15) is 30.4 Å². The van der Waals surface area contributed by atoms with Crippen LogP contribution in [-0.2, 0) is 20.9 Å². The largest absolute Gasteiger partial charge is 0.497 e. The fraction of sp³-hybridized carbons (Fsp3) is 0.406. The molecule has 1 aromatic heterocycles. The van der Waals surface area contributed by atoms with E-state index in [0.717, 1.165) is 65.4 Å². The molecule has 3 aromatic rings. The first-order valence-electron chi connectivity index (χ1n) is 14.2. The van der Waals surface area contributed by atoms with E-state index in [1.165, 1.54) is 0 Å². The third kappa shape index (κ3) is 7.16. The molecule has 5 rings (SSSR count). The highest BCUT2D eigenvalue weighted by molar-refractivity contribution is 5.92. The number of amides is 2. The zero-order valence-corrected chi connectivity index (χ0v) is 23.9. The third-order valence-corrected chi connectivity index (χ3v) is 7.63. The number of carbonyl (C=O) groups is 2. The van der Waals surface area contributed by atoms with Gasteiger partial charge in [-0.3, -0.25) is 9.59 Å². The van der Waals surface area contributed by atoms with Crippen molar-refractivity contribution in [2.24, 2.45) is 0 Å². The Morgan fingerprint density at radius 1 is 1.02 bits per heavy atom. The number of nitrogens with zero attached hydrogens (tertiary/aromatic N) is 4. The van der Waals surface area contributed by atoms with Crippen LogP contribution < -0.4 is 14.4 Å². The first-order valence-corrected chi connectivity index (χ1v) is 14.2. The lowest BCUT2D eigenvalue weighted by molar-refractivity contribution is -0.127. The van der Waals surface area contributed by atoms with E-state index in [4.69, 9.17) is 19.2 Å². The van der Waals surface area contributed by atoms with E-state index in [0.29, 0.717) is 45.7 Å². The maximum absolute atomic E-state index is 13.6. The molecule has 2 fully saturated rings. The molecule has 9 heteroatoms. The molecule has 0 bridgehead atoms. The average Bonchev–Trinajstić information content (AvgIpc) is 3.43. The van der Waals surface area contributed by atoms with Gasteiger partial charge in [0, 0.05) is 68.8 Å². The number of carbonyl (C=O) groups excluding carboxylic acids is 2. The van der Waals surface area contributed by atoms with Crippen molar-refractivity contribution in [3.05, 3.63) is 65.7 Å². The van der Waals surface area contributed by atoms with Gasteiger partial charge < -0.3 is 28.9 Å². The molecule has 0 unspecified atom stereocenters. The van der Waals surface area contributed by atoms with Crippen LogP contribution in [0.25, 0.3) is 17.0 Å². The molecule has 0 N–H and O–H groups in total. The summed E-state index contributed by atoms with van der Waals surface area (Å²) in [4.78, 5) is 36.8. The Kier molecular flexibility index (Phi) is 9.36. The first kappa shape index (κ1) is 28.4. The Labute approximate surface area is 241 Å². The molecule has 2 aromatic carbocycles. The normalized spacial score (nSPS) is 15.6. The summed E-state index contributed by atoms with van der Waals surface area (Å²) in [6.45, 7) is 5.11. The Hall–Kier alpha value is -4.11. The van der Waals surface area contributed by atoms with Gasteiger partial charge in [0.25, 0.3) is 0 Å². The number of morpholine rings is 1. The van der Waals surface area contributed by atoms with Crippen molar-refractivity contribution in [1.29, 1.82) is 0 Å². The van der Waals surface area contributed by atoms with E-state index in [1.54, 1.807) is 20.3 Å². The van der Waals surface area contributed by atoms with Crippen LogP contribution in [0.4, 0.5) is 5.82 Å². The number of benzene rings is 2. The summed E-state index contributed by atoms with van der Waals surface area (Å²) in [7, 11) is 3.28. The number of pyridine rings is 1. The third-order valence-electron chi connectivity index (χ3n) is 7.63. The lowest BCUT2D eigenvalue weighted by Gasteiger charge is -2.31. The van der Waals surface area contributed by atoms with Crippen molar-refractivity contribution in [3.8, 4) is 11.5 Å². The molecular formula is C32H38N4O5. The number of aromatic nitrogens is 1. The lowest BCUT2D eigenvalue weighted by Crippen LogP contribution is -2.38. The van der Waals surface area contributed by atoms with Crippen LogP contribution in [-0.4, -0.2) is 86.8 Å². The zero-order chi connectivity index (χ0) is 28.6. The highest BCUT2D eigenvalue weighted by Gasteiger charge is 2.23. The number of likely N-dealkylation sites (tertiary alicyclic amines) is 1. The molecule has 216 valence electrons. The van der Waals surface area contributed by atoms with Gasteiger partial charge in [-0.05, 0) is 54.8 Å². The maximum atomic E-state index is 13.6. The SMILES string of the molecule is COc1ccc(/C=C/C(=O)N(CCCN2CCCC2=O)Cc2cc3ccc(OC)cc3nc2N2CCOCC2)cc1. The fourth-order valence-electron chi connectivity index (χ4n) is 5.33. The topological polar surface area (TPSA) is 84.4 Å². The van der Waals surface area contributed by atoms with Crippen LogP contribution in [0.2, 0.25) is 0 Å². The number of anilines is 1. The molecule has 41 heavy (non-hydrogen) atoms. The van der Waals surface area contributed by atoms with E-state index in [2.05, 4.69) is 11.0 Å². The molecule has 0 radical (unpaired) electrons. The van der Waals surface area contributed by atoms with Gasteiger partial charge in [-0.15, -0.1) is 0 Å². The number of rotatable bonds is 11. The van der Waals surface area contributed by atoms with Crippen LogP contribution in [0.15, 0.2) is 54.6 Å². The lowest BCUT2D eigenvalue weighted by atomic mass is 10.1. The smallest absolute Gasteiger partial charge is 0.246 e. The summed E-state index contributed by atoms with van der Waals surface area (Å²) in [5, 5.41) is 0.988. The predicted octanol–water partition coefficient (Wildman–Crippen LogP) is 4.14. The monoisotopic (exact) mass is 558 g/mol. The van der Waals surface area contributed by atoms with E-state index >= 15 is 0 Å². The molecule has 2 aliphatic rings. The maximum Gasteiger partial charge on any atom is 0.246 e. The fourth-order valence-corrected chi connectivity index (χ4v) is 5.33. The molecule has 0 aliphatic carbocycles. The van der Waals surface area contributed by atoms with Crippen molar-refractivity contribution in [2.45, 2.75) is 25.8 Å². The van der Waals surface area contributed by atoms with E-state index in [9.17, 15) is 9.59 Å². The first-order chi connectivity index (χ1) is 20.0. The Morgan fingerprint density at radius 3 is 2.49 bits per heavy atom. The van der Waals surface area contributed by atoms with Crippen LogP contribution in [0.5, 0.6) is 11.5 Å². The number of hydrogen-bond donors (Lipinski definition) is 0. The van der Waals surface area contributed by atoms with Crippen molar-refractivity contribution in [2.75, 3.05) is 65.1 Å². The Morgan fingerprint density at radius 2 is 1.78 bits per heavy atom. The Bertz CT molecular complexity index is 1380. The number of methoxy groups -OCH3 is 2. The van der Waals surface area contributed by atoms with Gasteiger partial charge in [0.1, 0.15) is 17.3 Å². The highest BCUT2D eigenvalue weighted by Crippen LogP contribution is 2.28. The molecule has 9 nitrogen and oxygen atoms in total. The second-order valence-electron chi connectivity index (χ2n) is 10.3. The minimum absolute atomic E-state index is 0.0867. The van der Waals surface area contributed by atoms with Crippen molar-refractivity contribution < 1.29 is 23.8 Å². The van der Waals surface area contributed by atoms with E-state index < -0.39 is 0 Å². The van der Waals surface area contributed by atoms with Crippen molar-refractivity contribution >= 4 is 34.6 Å². The molecule has 2 amide bonds. The summed E-state index contributed by atoms with van der Waals surface area (Å²) >= 11 is 0. The predicted molar refractivity (Wildman–Crippen MR) is 159 cm³/mol. The molecular weight excluding hydrogens is 520 g/mol. The molecule has 2 aliphatic heterocycles. The highest BCUT2D eigenvalue weighted by atomic mass is 16.5. The average molecular weight is 559 g/mol. The van der Waals surface area contributed by atoms with Gasteiger partial charge in [0.2, 0.25) is 11.8 Å². The molecule has 0 saturated carbocycles. The number of ether oxygens (including phenoxy) is 3. The summed E-state index contributed by atoms with van der Waals surface area (Å²) in [5.74, 6) is 2.49. The second kappa shape index (κ2) is 13.5. The van der Waals surface area contributed by atoms with Gasteiger partial charge in [0.15, 0.2) is 0 Å². The minimum Gasteiger partial charge on any atom is -0.497 e. The summed E-state index contributed by atoms with van der Waals surface area (Å²) in [5.41, 5.74) is 2.74. The van der Waals surface area contributed by atoms with Gasteiger partial charge in [-0.1, -0.05) is 12.1 Å². The Balaban J connectivity index is 1.42. The number of fused-ring (bicyclic) bond motifs is 1.